The monoisotopic (exact) mass is 287 g/mol. The first-order valence-corrected chi connectivity index (χ1v) is 8.14. The predicted octanol–water partition coefficient (Wildman–Crippen LogP) is 2.16. The molecule has 0 aliphatic heterocycles. The summed E-state index contributed by atoms with van der Waals surface area (Å²) in [5.74, 6) is -1.32. The molecular formula is C16H31O4-. The third kappa shape index (κ3) is 12.4. The highest BCUT2D eigenvalue weighted by molar-refractivity contribution is 5.64. The van der Waals surface area contributed by atoms with Gasteiger partial charge in [0, 0.05) is 12.4 Å². The normalized spacial score (nSPS) is 14.2. The number of hydrogen-bond acceptors (Lipinski definition) is 4. The van der Waals surface area contributed by atoms with Gasteiger partial charge in [-0.1, -0.05) is 71.1 Å². The van der Waals surface area contributed by atoms with Crippen molar-refractivity contribution in [2.24, 2.45) is 0 Å². The lowest BCUT2D eigenvalue weighted by Crippen LogP contribution is -2.34. The Bertz CT molecular complexity index is 231. The number of carboxylic acids is 1. The lowest BCUT2D eigenvalue weighted by atomic mass is 10.0. The van der Waals surface area contributed by atoms with Crippen LogP contribution >= 0.6 is 0 Å². The van der Waals surface area contributed by atoms with Crippen molar-refractivity contribution in [2.75, 3.05) is 0 Å². The highest BCUT2D eigenvalue weighted by Gasteiger charge is 2.15. The second kappa shape index (κ2) is 13.4. The van der Waals surface area contributed by atoms with Crippen molar-refractivity contribution in [3.8, 4) is 0 Å². The zero-order valence-electron chi connectivity index (χ0n) is 12.9. The summed E-state index contributed by atoms with van der Waals surface area (Å²) in [6.45, 7) is 2.22. The number of carboxylic acid groups (broad SMARTS) is 1. The maximum absolute atomic E-state index is 10.3. The standard InChI is InChI=1S/C16H32O4/c1-2-3-4-5-6-7-8-9-10-11-12-14(17)15(18)13-16(19)20/h14-15,17-18H,2-13H2,1H3,(H,19,20)/p-1. The van der Waals surface area contributed by atoms with Crippen molar-refractivity contribution in [3.05, 3.63) is 0 Å². The second-order valence-electron chi connectivity index (χ2n) is 5.68. The van der Waals surface area contributed by atoms with Crippen LogP contribution in [0, 0.1) is 0 Å². The van der Waals surface area contributed by atoms with E-state index in [-0.39, 0.29) is 0 Å². The van der Waals surface area contributed by atoms with Crippen LogP contribution in [0.3, 0.4) is 0 Å². The molecule has 4 nitrogen and oxygen atoms in total. The van der Waals surface area contributed by atoms with E-state index in [4.69, 9.17) is 0 Å². The number of aliphatic hydroxyl groups excluding tert-OH is 2. The Morgan fingerprint density at radius 3 is 1.75 bits per heavy atom. The van der Waals surface area contributed by atoms with Gasteiger partial charge in [-0.05, 0) is 6.42 Å². The van der Waals surface area contributed by atoms with E-state index in [9.17, 15) is 20.1 Å². The van der Waals surface area contributed by atoms with Crippen molar-refractivity contribution in [2.45, 2.75) is 96.2 Å². The summed E-state index contributed by atoms with van der Waals surface area (Å²) in [5, 5.41) is 29.2. The molecule has 0 saturated carbocycles. The Hall–Kier alpha value is -0.610. The molecule has 0 aliphatic rings. The highest BCUT2D eigenvalue weighted by atomic mass is 16.4. The van der Waals surface area contributed by atoms with Crippen molar-refractivity contribution >= 4 is 5.97 Å². The van der Waals surface area contributed by atoms with Crippen LogP contribution in [-0.2, 0) is 4.79 Å². The molecule has 0 fully saturated rings. The molecule has 0 aromatic heterocycles. The fourth-order valence-electron chi connectivity index (χ4n) is 2.34. The summed E-state index contributed by atoms with van der Waals surface area (Å²) in [4.78, 5) is 10.3. The summed E-state index contributed by atoms with van der Waals surface area (Å²) >= 11 is 0. The van der Waals surface area contributed by atoms with E-state index < -0.39 is 24.6 Å². The second-order valence-corrected chi connectivity index (χ2v) is 5.68. The lowest BCUT2D eigenvalue weighted by Gasteiger charge is -2.17. The molecule has 0 amide bonds. The van der Waals surface area contributed by atoms with Gasteiger partial charge in [0.2, 0.25) is 0 Å². The fraction of sp³-hybridized carbons (Fsp3) is 0.938. The average Bonchev–Trinajstić information content (AvgIpc) is 2.39. The average molecular weight is 287 g/mol. The minimum Gasteiger partial charge on any atom is -0.550 e. The molecule has 0 bridgehead atoms. The molecule has 2 unspecified atom stereocenters. The maximum atomic E-state index is 10.3. The summed E-state index contributed by atoms with van der Waals surface area (Å²) in [6.07, 6.45) is 9.97. The Kier molecular flexibility index (Phi) is 13.0. The topological polar surface area (TPSA) is 80.6 Å². The fourth-order valence-corrected chi connectivity index (χ4v) is 2.34. The quantitative estimate of drug-likeness (QED) is 0.480. The lowest BCUT2D eigenvalue weighted by molar-refractivity contribution is -0.308. The maximum Gasteiger partial charge on any atom is 0.0851 e. The van der Waals surface area contributed by atoms with Gasteiger partial charge in [-0.2, -0.15) is 0 Å². The van der Waals surface area contributed by atoms with Gasteiger partial charge in [-0.25, -0.2) is 0 Å². The summed E-state index contributed by atoms with van der Waals surface area (Å²) in [7, 11) is 0. The third-order valence-electron chi connectivity index (χ3n) is 3.67. The molecule has 0 saturated heterocycles. The Balaban J connectivity index is 3.28. The van der Waals surface area contributed by atoms with Crippen LogP contribution in [0.1, 0.15) is 84.0 Å². The summed E-state index contributed by atoms with van der Waals surface area (Å²) < 4.78 is 0. The summed E-state index contributed by atoms with van der Waals surface area (Å²) in [5.41, 5.74) is 0. The van der Waals surface area contributed by atoms with E-state index in [0.717, 1.165) is 19.3 Å². The van der Waals surface area contributed by atoms with Gasteiger partial charge in [0.05, 0.1) is 12.2 Å². The molecule has 2 atom stereocenters. The number of unbranched alkanes of at least 4 members (excludes halogenated alkanes) is 9. The smallest absolute Gasteiger partial charge is 0.0851 e. The molecule has 2 N–H and O–H groups in total. The van der Waals surface area contributed by atoms with Crippen LogP contribution in [0.15, 0.2) is 0 Å². The van der Waals surface area contributed by atoms with Gasteiger partial charge in [-0.3, -0.25) is 0 Å². The number of aliphatic carboxylic acids is 1. The Morgan fingerprint density at radius 2 is 1.30 bits per heavy atom. The largest absolute Gasteiger partial charge is 0.550 e. The zero-order valence-corrected chi connectivity index (χ0v) is 12.9. The van der Waals surface area contributed by atoms with Crippen molar-refractivity contribution in [3.63, 3.8) is 0 Å². The molecular weight excluding hydrogens is 256 g/mol. The molecule has 0 aliphatic carbocycles. The molecule has 120 valence electrons. The number of carbonyl (C=O) groups excluding carboxylic acids is 1. The van der Waals surface area contributed by atoms with Gasteiger partial charge in [0.15, 0.2) is 0 Å². The first kappa shape index (κ1) is 19.4. The van der Waals surface area contributed by atoms with Crippen LogP contribution in [0.25, 0.3) is 0 Å². The van der Waals surface area contributed by atoms with E-state index in [0.29, 0.717) is 6.42 Å². The van der Waals surface area contributed by atoms with Gasteiger partial charge in [0.1, 0.15) is 0 Å². The number of rotatable bonds is 14. The molecule has 0 aromatic rings. The minimum absolute atomic E-state index is 0.463. The Morgan fingerprint density at radius 1 is 0.850 bits per heavy atom. The van der Waals surface area contributed by atoms with Gasteiger partial charge in [-0.15, -0.1) is 0 Å². The van der Waals surface area contributed by atoms with Crippen LogP contribution in [0.4, 0.5) is 0 Å². The summed E-state index contributed by atoms with van der Waals surface area (Å²) in [6, 6.07) is 0. The van der Waals surface area contributed by atoms with Gasteiger partial charge < -0.3 is 20.1 Å². The van der Waals surface area contributed by atoms with Crippen molar-refractivity contribution in [1.82, 2.24) is 0 Å². The van der Waals surface area contributed by atoms with Gasteiger partial charge in [0.25, 0.3) is 0 Å². The van der Waals surface area contributed by atoms with E-state index in [1.807, 2.05) is 0 Å². The number of aliphatic hydroxyl groups is 2. The number of carbonyl (C=O) groups is 1. The van der Waals surface area contributed by atoms with E-state index in [1.54, 1.807) is 0 Å². The van der Waals surface area contributed by atoms with E-state index in [2.05, 4.69) is 6.92 Å². The van der Waals surface area contributed by atoms with Crippen molar-refractivity contribution < 1.29 is 20.1 Å². The molecule has 0 radical (unpaired) electrons. The highest BCUT2D eigenvalue weighted by Crippen LogP contribution is 2.13. The zero-order chi connectivity index (χ0) is 15.2. The first-order chi connectivity index (χ1) is 9.57. The minimum atomic E-state index is -1.32. The third-order valence-corrected chi connectivity index (χ3v) is 3.67. The molecule has 20 heavy (non-hydrogen) atoms. The van der Waals surface area contributed by atoms with E-state index in [1.165, 1.54) is 44.9 Å². The molecule has 0 spiro atoms. The predicted molar refractivity (Wildman–Crippen MR) is 78.1 cm³/mol. The SMILES string of the molecule is CCCCCCCCCCCCC(O)C(O)CC(=O)[O-]. The van der Waals surface area contributed by atoms with Crippen LogP contribution in [0.5, 0.6) is 0 Å². The van der Waals surface area contributed by atoms with E-state index >= 15 is 0 Å². The molecule has 0 rings (SSSR count). The van der Waals surface area contributed by atoms with Crippen LogP contribution < -0.4 is 5.11 Å². The van der Waals surface area contributed by atoms with Crippen molar-refractivity contribution in [1.29, 1.82) is 0 Å². The van der Waals surface area contributed by atoms with Crippen LogP contribution in [0.2, 0.25) is 0 Å². The first-order valence-electron chi connectivity index (χ1n) is 8.14. The number of hydrogen-bond donors (Lipinski definition) is 2. The molecule has 0 heterocycles. The molecule has 0 aromatic carbocycles. The molecule has 4 heteroatoms. The van der Waals surface area contributed by atoms with Gasteiger partial charge >= 0.3 is 0 Å². The van der Waals surface area contributed by atoms with Crippen LogP contribution in [-0.4, -0.2) is 28.4 Å². The Labute approximate surface area is 123 Å².